The van der Waals surface area contributed by atoms with Gasteiger partial charge in [-0.3, -0.25) is 9.59 Å². The van der Waals surface area contributed by atoms with Crippen LogP contribution in [0.5, 0.6) is 0 Å². The van der Waals surface area contributed by atoms with Crippen LogP contribution in [-0.4, -0.2) is 17.6 Å². The first kappa shape index (κ1) is 17.1. The van der Waals surface area contributed by atoms with E-state index < -0.39 is 11.9 Å². The third-order valence-electron chi connectivity index (χ3n) is 3.43. The third-order valence-corrected chi connectivity index (χ3v) is 4.58. The molecule has 2 aromatic carbocycles. The number of aryl methyl sites for hydroxylation is 2. The van der Waals surface area contributed by atoms with Gasteiger partial charge in [-0.05, 0) is 31.0 Å². The lowest BCUT2D eigenvalue weighted by Gasteiger charge is -2.16. The maximum atomic E-state index is 12.2. The molecule has 23 heavy (non-hydrogen) atoms. The Morgan fingerprint density at radius 1 is 1.13 bits per heavy atom. The van der Waals surface area contributed by atoms with Crippen molar-refractivity contribution in [2.75, 3.05) is 5.75 Å². The van der Waals surface area contributed by atoms with Gasteiger partial charge in [0, 0.05) is 4.90 Å². The van der Waals surface area contributed by atoms with E-state index in [4.69, 9.17) is 5.73 Å². The van der Waals surface area contributed by atoms with E-state index >= 15 is 0 Å². The van der Waals surface area contributed by atoms with Gasteiger partial charge in [-0.1, -0.05) is 48.0 Å². The number of primary amides is 1. The highest BCUT2D eigenvalue weighted by atomic mass is 32.2. The Balaban J connectivity index is 2.00. The highest BCUT2D eigenvalue weighted by Gasteiger charge is 2.20. The summed E-state index contributed by atoms with van der Waals surface area (Å²) in [6.07, 6.45) is 0. The number of rotatable bonds is 6. The second-order valence-corrected chi connectivity index (χ2v) is 6.39. The van der Waals surface area contributed by atoms with E-state index in [1.54, 1.807) is 12.1 Å². The van der Waals surface area contributed by atoms with Crippen LogP contribution in [0.25, 0.3) is 0 Å². The molecule has 120 valence electrons. The molecule has 0 saturated carbocycles. The molecule has 0 aliphatic carbocycles. The molecule has 3 N–H and O–H groups in total. The zero-order valence-corrected chi connectivity index (χ0v) is 14.0. The van der Waals surface area contributed by atoms with Gasteiger partial charge in [-0.15, -0.1) is 11.8 Å². The van der Waals surface area contributed by atoms with Crippen molar-refractivity contribution in [1.29, 1.82) is 0 Å². The Morgan fingerprint density at radius 3 is 2.48 bits per heavy atom. The zero-order chi connectivity index (χ0) is 16.8. The first-order valence-electron chi connectivity index (χ1n) is 7.31. The van der Waals surface area contributed by atoms with Gasteiger partial charge in [0.1, 0.15) is 6.04 Å². The summed E-state index contributed by atoms with van der Waals surface area (Å²) in [4.78, 5) is 24.8. The molecule has 5 heteroatoms. The third kappa shape index (κ3) is 4.86. The average Bonchev–Trinajstić information content (AvgIpc) is 2.54. The van der Waals surface area contributed by atoms with E-state index in [1.165, 1.54) is 11.8 Å². The summed E-state index contributed by atoms with van der Waals surface area (Å²) >= 11 is 1.45. The Labute approximate surface area is 140 Å². The highest BCUT2D eigenvalue weighted by molar-refractivity contribution is 8.00. The Hall–Kier alpha value is -2.27. The Morgan fingerprint density at radius 2 is 1.83 bits per heavy atom. The summed E-state index contributed by atoms with van der Waals surface area (Å²) in [5.41, 5.74) is 8.37. The highest BCUT2D eigenvalue weighted by Crippen LogP contribution is 2.23. The van der Waals surface area contributed by atoms with Crippen LogP contribution in [-0.2, 0) is 9.59 Å². The van der Waals surface area contributed by atoms with E-state index in [1.807, 2.05) is 44.2 Å². The predicted molar refractivity (Wildman–Crippen MR) is 93.2 cm³/mol. The zero-order valence-electron chi connectivity index (χ0n) is 13.2. The maximum Gasteiger partial charge on any atom is 0.244 e. The molecule has 4 nitrogen and oxygen atoms in total. The monoisotopic (exact) mass is 328 g/mol. The fourth-order valence-corrected chi connectivity index (χ4v) is 3.11. The summed E-state index contributed by atoms with van der Waals surface area (Å²) in [6, 6.07) is 14.3. The molecule has 0 saturated heterocycles. The smallest absolute Gasteiger partial charge is 0.244 e. The molecule has 2 aromatic rings. The normalized spacial score (nSPS) is 11.7. The number of carbonyl (C=O) groups excluding carboxylic acids is 2. The van der Waals surface area contributed by atoms with Crippen LogP contribution in [0.1, 0.15) is 22.7 Å². The van der Waals surface area contributed by atoms with Crippen molar-refractivity contribution in [2.24, 2.45) is 5.73 Å². The van der Waals surface area contributed by atoms with Gasteiger partial charge in [0.15, 0.2) is 0 Å². The van der Waals surface area contributed by atoms with Crippen LogP contribution >= 0.6 is 11.8 Å². The lowest BCUT2D eigenvalue weighted by molar-refractivity contribution is -0.126. The van der Waals surface area contributed by atoms with Gasteiger partial charge in [-0.2, -0.15) is 0 Å². The molecule has 1 unspecified atom stereocenters. The first-order chi connectivity index (χ1) is 11.0. The van der Waals surface area contributed by atoms with Gasteiger partial charge >= 0.3 is 0 Å². The molecule has 0 aliphatic rings. The second kappa shape index (κ2) is 7.83. The van der Waals surface area contributed by atoms with Gasteiger partial charge < -0.3 is 11.1 Å². The van der Waals surface area contributed by atoms with E-state index in [0.717, 1.165) is 16.0 Å². The van der Waals surface area contributed by atoms with Crippen molar-refractivity contribution in [2.45, 2.75) is 24.8 Å². The summed E-state index contributed by atoms with van der Waals surface area (Å²) in [7, 11) is 0. The minimum Gasteiger partial charge on any atom is -0.368 e. The topological polar surface area (TPSA) is 72.2 Å². The number of hydrogen-bond donors (Lipinski definition) is 2. The Kier molecular flexibility index (Phi) is 5.82. The number of nitrogens with two attached hydrogens (primary N) is 1. The van der Waals surface area contributed by atoms with E-state index in [0.29, 0.717) is 5.56 Å². The molecule has 2 amide bonds. The molecule has 0 aromatic heterocycles. The number of carbonyl (C=O) groups is 2. The number of hydrogen-bond acceptors (Lipinski definition) is 3. The number of amides is 2. The molecule has 0 aliphatic heterocycles. The fraction of sp³-hybridized carbons (Fsp3) is 0.222. The number of thioether (sulfide) groups is 1. The maximum absolute atomic E-state index is 12.2. The lowest BCUT2D eigenvalue weighted by atomic mass is 10.1. The van der Waals surface area contributed by atoms with Gasteiger partial charge in [0.2, 0.25) is 11.8 Å². The van der Waals surface area contributed by atoms with Crippen LogP contribution < -0.4 is 11.1 Å². The molecule has 0 bridgehead atoms. The van der Waals surface area contributed by atoms with Crippen molar-refractivity contribution < 1.29 is 9.59 Å². The van der Waals surface area contributed by atoms with Crippen molar-refractivity contribution in [3.8, 4) is 0 Å². The second-order valence-electron chi connectivity index (χ2n) is 5.37. The standard InChI is InChI=1S/C18H20N2O2S/c1-12-8-9-13(2)15(10-12)23-11-16(21)20-17(18(19)22)14-6-4-3-5-7-14/h3-10,17H,11H2,1-2H3,(H2,19,22)(H,20,21). The van der Waals surface area contributed by atoms with Crippen LogP contribution in [0.4, 0.5) is 0 Å². The quantitative estimate of drug-likeness (QED) is 0.801. The predicted octanol–water partition coefficient (Wildman–Crippen LogP) is 2.74. The molecule has 0 fully saturated rings. The largest absolute Gasteiger partial charge is 0.368 e. The molecule has 2 rings (SSSR count). The molecule has 0 heterocycles. The molecule has 0 spiro atoms. The van der Waals surface area contributed by atoms with E-state index in [-0.39, 0.29) is 11.7 Å². The van der Waals surface area contributed by atoms with Crippen LogP contribution in [0, 0.1) is 13.8 Å². The van der Waals surface area contributed by atoms with Crippen molar-refractivity contribution >= 4 is 23.6 Å². The molecule has 0 radical (unpaired) electrons. The van der Waals surface area contributed by atoms with Crippen LogP contribution in [0.3, 0.4) is 0 Å². The fourth-order valence-electron chi connectivity index (χ4n) is 2.17. The number of benzene rings is 2. The van der Waals surface area contributed by atoms with E-state index in [2.05, 4.69) is 11.4 Å². The number of nitrogens with one attached hydrogen (secondary N) is 1. The average molecular weight is 328 g/mol. The lowest BCUT2D eigenvalue weighted by Crippen LogP contribution is -2.38. The summed E-state index contributed by atoms with van der Waals surface area (Å²) in [5.74, 6) is -0.550. The minimum atomic E-state index is -0.803. The van der Waals surface area contributed by atoms with E-state index in [9.17, 15) is 9.59 Å². The van der Waals surface area contributed by atoms with Crippen molar-refractivity contribution in [3.05, 3.63) is 65.2 Å². The van der Waals surface area contributed by atoms with Gasteiger partial charge in [0.25, 0.3) is 0 Å². The van der Waals surface area contributed by atoms with Crippen molar-refractivity contribution in [3.63, 3.8) is 0 Å². The van der Waals surface area contributed by atoms with Gasteiger partial charge in [-0.25, -0.2) is 0 Å². The SMILES string of the molecule is Cc1ccc(C)c(SCC(=O)NC(C(N)=O)c2ccccc2)c1. The van der Waals surface area contributed by atoms with Crippen LogP contribution in [0.2, 0.25) is 0 Å². The molecular formula is C18H20N2O2S. The van der Waals surface area contributed by atoms with Gasteiger partial charge in [0.05, 0.1) is 5.75 Å². The van der Waals surface area contributed by atoms with Crippen molar-refractivity contribution in [1.82, 2.24) is 5.32 Å². The molecular weight excluding hydrogens is 308 g/mol. The minimum absolute atomic E-state index is 0.219. The first-order valence-corrected chi connectivity index (χ1v) is 8.29. The molecule has 1 atom stereocenters. The summed E-state index contributed by atoms with van der Waals surface area (Å²) in [5, 5.41) is 2.70. The van der Waals surface area contributed by atoms with Crippen LogP contribution in [0.15, 0.2) is 53.4 Å². The summed E-state index contributed by atoms with van der Waals surface area (Å²) in [6.45, 7) is 4.03. The summed E-state index contributed by atoms with van der Waals surface area (Å²) < 4.78 is 0. The Bertz CT molecular complexity index is 701.